The van der Waals surface area contributed by atoms with Crippen LogP contribution in [0.5, 0.6) is 5.75 Å². The monoisotopic (exact) mass is 490 g/mol. The molecule has 2 aromatic carbocycles. The van der Waals surface area contributed by atoms with Gasteiger partial charge < -0.3 is 20.5 Å². The molecule has 36 heavy (non-hydrogen) atoms. The minimum absolute atomic E-state index is 0.103. The molecule has 1 aromatic heterocycles. The van der Waals surface area contributed by atoms with Crippen molar-refractivity contribution in [2.24, 2.45) is 0 Å². The molecule has 0 saturated heterocycles. The lowest BCUT2D eigenvalue weighted by atomic mass is 10.0. The summed E-state index contributed by atoms with van der Waals surface area (Å²) in [6, 6.07) is 15.3. The third kappa shape index (κ3) is 8.16. The number of carboxylic acids is 1. The molecule has 0 saturated carbocycles. The summed E-state index contributed by atoms with van der Waals surface area (Å²) in [4.78, 5) is 32.0. The number of rotatable bonds is 14. The number of likely N-dealkylation sites (N-methyl/N-ethyl adjacent to an activating group) is 1. The lowest BCUT2D eigenvalue weighted by Gasteiger charge is -2.16. The number of ether oxygens (including phenoxy) is 1. The fourth-order valence-electron chi connectivity index (χ4n) is 3.68. The third-order valence-corrected chi connectivity index (χ3v) is 5.81. The predicted molar refractivity (Wildman–Crippen MR) is 140 cm³/mol. The van der Waals surface area contributed by atoms with Gasteiger partial charge in [-0.3, -0.25) is 9.59 Å². The zero-order valence-corrected chi connectivity index (χ0v) is 20.9. The Morgan fingerprint density at radius 3 is 2.22 bits per heavy atom. The lowest BCUT2D eigenvalue weighted by molar-refractivity contribution is -0.137. The maximum atomic E-state index is 12.3. The molecule has 0 aliphatic heterocycles. The van der Waals surface area contributed by atoms with Gasteiger partial charge in [0.15, 0.2) is 5.82 Å². The van der Waals surface area contributed by atoms with Gasteiger partial charge in [0.1, 0.15) is 5.75 Å². The highest BCUT2D eigenvalue weighted by molar-refractivity contribution is 5.82. The Morgan fingerprint density at radius 1 is 0.944 bits per heavy atom. The van der Waals surface area contributed by atoms with Crippen LogP contribution in [0.25, 0.3) is 22.5 Å². The van der Waals surface area contributed by atoms with Crippen LogP contribution in [0.3, 0.4) is 0 Å². The number of unbranched alkanes of at least 4 members (excludes halogenated alkanes) is 2. The van der Waals surface area contributed by atoms with Crippen molar-refractivity contribution in [3.8, 4) is 28.3 Å². The Bertz CT molecular complexity index is 1100. The molecule has 3 aromatic rings. The quantitative estimate of drug-likeness (QED) is 0.292. The first-order valence-corrected chi connectivity index (χ1v) is 12.3. The predicted octanol–water partition coefficient (Wildman–Crippen LogP) is 4.10. The normalized spacial score (nSPS) is 11.6. The molecule has 190 valence electrons. The van der Waals surface area contributed by atoms with E-state index in [-0.39, 0.29) is 18.9 Å². The first kappa shape index (κ1) is 26.8. The van der Waals surface area contributed by atoms with Crippen molar-refractivity contribution >= 4 is 11.9 Å². The average Bonchev–Trinajstić information content (AvgIpc) is 2.90. The Morgan fingerprint density at radius 2 is 1.61 bits per heavy atom. The van der Waals surface area contributed by atoms with E-state index in [2.05, 4.69) is 27.5 Å². The van der Waals surface area contributed by atoms with Crippen LogP contribution in [0.2, 0.25) is 0 Å². The van der Waals surface area contributed by atoms with Gasteiger partial charge in [0.05, 0.1) is 19.1 Å². The summed E-state index contributed by atoms with van der Waals surface area (Å²) >= 11 is 0. The molecule has 8 nitrogen and oxygen atoms in total. The zero-order chi connectivity index (χ0) is 25.8. The highest BCUT2D eigenvalue weighted by Crippen LogP contribution is 2.23. The van der Waals surface area contributed by atoms with Gasteiger partial charge in [-0.25, -0.2) is 9.97 Å². The fourth-order valence-corrected chi connectivity index (χ4v) is 3.68. The van der Waals surface area contributed by atoms with Crippen molar-refractivity contribution in [1.82, 2.24) is 20.6 Å². The standard InChI is InChI=1S/C28H34N4O4/c1-3-4-5-16-36-24-12-10-21(11-13-24)23-18-31-27(32-19-23)22-8-6-20(7-9-22)17-25(29-2)28(35)30-15-14-26(33)34/h6-13,18-19,25,29H,3-5,14-17H2,1-2H3,(H,30,35)(H,33,34). The van der Waals surface area contributed by atoms with E-state index in [9.17, 15) is 9.59 Å². The van der Waals surface area contributed by atoms with E-state index >= 15 is 0 Å². The van der Waals surface area contributed by atoms with Crippen LogP contribution in [0.1, 0.15) is 38.2 Å². The van der Waals surface area contributed by atoms with E-state index in [0.29, 0.717) is 12.2 Å². The van der Waals surface area contributed by atoms with Crippen molar-refractivity contribution in [2.45, 2.75) is 45.1 Å². The number of carbonyl (C=O) groups excluding carboxylic acids is 1. The number of aromatic nitrogens is 2. The number of aliphatic carboxylic acids is 1. The molecule has 1 unspecified atom stereocenters. The SMILES string of the molecule is CCCCCOc1ccc(-c2cnc(-c3ccc(CC(NC)C(=O)NCCC(=O)O)cc3)nc2)cc1. The second kappa shape index (κ2) is 13.9. The Balaban J connectivity index is 1.57. The molecule has 1 atom stereocenters. The molecule has 3 rings (SSSR count). The van der Waals surface area contributed by atoms with Gasteiger partial charge in [0.25, 0.3) is 0 Å². The van der Waals surface area contributed by atoms with Crippen LogP contribution >= 0.6 is 0 Å². The van der Waals surface area contributed by atoms with Gasteiger partial charge >= 0.3 is 5.97 Å². The van der Waals surface area contributed by atoms with Crippen LogP contribution in [0, 0.1) is 0 Å². The van der Waals surface area contributed by atoms with Crippen molar-refractivity contribution in [1.29, 1.82) is 0 Å². The van der Waals surface area contributed by atoms with Crippen molar-refractivity contribution in [3.05, 3.63) is 66.5 Å². The van der Waals surface area contributed by atoms with Crippen LogP contribution < -0.4 is 15.4 Å². The van der Waals surface area contributed by atoms with Crippen LogP contribution in [-0.2, 0) is 16.0 Å². The van der Waals surface area contributed by atoms with Gasteiger partial charge in [-0.05, 0) is 43.1 Å². The van der Waals surface area contributed by atoms with Crippen LogP contribution in [0.15, 0.2) is 60.9 Å². The lowest BCUT2D eigenvalue weighted by Crippen LogP contribution is -2.44. The number of carbonyl (C=O) groups is 2. The fraction of sp³-hybridized carbons (Fsp3) is 0.357. The summed E-state index contributed by atoms with van der Waals surface area (Å²) in [5.74, 6) is 0.323. The maximum absolute atomic E-state index is 12.3. The summed E-state index contributed by atoms with van der Waals surface area (Å²) in [6.45, 7) is 3.02. The van der Waals surface area contributed by atoms with Gasteiger partial charge in [0, 0.05) is 30.1 Å². The van der Waals surface area contributed by atoms with E-state index in [4.69, 9.17) is 9.84 Å². The molecule has 8 heteroatoms. The first-order chi connectivity index (χ1) is 17.5. The number of carboxylic acid groups (broad SMARTS) is 1. The third-order valence-electron chi connectivity index (χ3n) is 5.81. The molecule has 0 bridgehead atoms. The van der Waals surface area contributed by atoms with E-state index in [0.717, 1.165) is 41.0 Å². The number of nitrogens with zero attached hydrogens (tertiary/aromatic N) is 2. The van der Waals surface area contributed by atoms with Gasteiger partial charge in [0.2, 0.25) is 5.91 Å². The largest absolute Gasteiger partial charge is 0.494 e. The van der Waals surface area contributed by atoms with E-state index in [1.165, 1.54) is 12.8 Å². The van der Waals surface area contributed by atoms with E-state index < -0.39 is 12.0 Å². The Labute approximate surface area is 212 Å². The molecule has 0 spiro atoms. The Hall–Kier alpha value is -3.78. The molecule has 0 fully saturated rings. The number of nitrogens with one attached hydrogen (secondary N) is 2. The summed E-state index contributed by atoms with van der Waals surface area (Å²) in [6.07, 6.45) is 7.42. The first-order valence-electron chi connectivity index (χ1n) is 12.3. The highest BCUT2D eigenvalue weighted by atomic mass is 16.5. The smallest absolute Gasteiger partial charge is 0.305 e. The topological polar surface area (TPSA) is 113 Å². The van der Waals surface area contributed by atoms with Crippen LogP contribution in [0.4, 0.5) is 0 Å². The second-order valence-electron chi connectivity index (χ2n) is 8.55. The molecule has 0 aliphatic rings. The summed E-state index contributed by atoms with van der Waals surface area (Å²) in [7, 11) is 1.71. The average molecular weight is 491 g/mol. The molecular formula is C28H34N4O4. The molecular weight excluding hydrogens is 456 g/mol. The summed E-state index contributed by atoms with van der Waals surface area (Å²) < 4.78 is 5.78. The molecule has 3 N–H and O–H groups in total. The second-order valence-corrected chi connectivity index (χ2v) is 8.55. The number of amides is 1. The van der Waals surface area contributed by atoms with Gasteiger partial charge in [-0.2, -0.15) is 0 Å². The number of hydrogen-bond acceptors (Lipinski definition) is 6. The molecule has 1 heterocycles. The zero-order valence-electron chi connectivity index (χ0n) is 20.9. The van der Waals surface area contributed by atoms with Gasteiger partial charge in [-0.15, -0.1) is 0 Å². The van der Waals surface area contributed by atoms with Crippen molar-refractivity contribution in [2.75, 3.05) is 20.2 Å². The summed E-state index contributed by atoms with van der Waals surface area (Å²) in [5.41, 5.74) is 3.81. The van der Waals surface area contributed by atoms with Gasteiger partial charge in [-0.1, -0.05) is 56.2 Å². The maximum Gasteiger partial charge on any atom is 0.305 e. The summed E-state index contributed by atoms with van der Waals surface area (Å²) in [5, 5.41) is 14.3. The number of hydrogen-bond donors (Lipinski definition) is 3. The minimum atomic E-state index is -0.942. The molecule has 0 aliphatic carbocycles. The van der Waals surface area contributed by atoms with E-state index in [1.807, 2.05) is 60.9 Å². The van der Waals surface area contributed by atoms with E-state index in [1.54, 1.807) is 7.05 Å². The van der Waals surface area contributed by atoms with Crippen molar-refractivity contribution in [3.63, 3.8) is 0 Å². The van der Waals surface area contributed by atoms with Crippen molar-refractivity contribution < 1.29 is 19.4 Å². The highest BCUT2D eigenvalue weighted by Gasteiger charge is 2.17. The van der Waals surface area contributed by atoms with Crippen LogP contribution in [-0.4, -0.2) is 53.2 Å². The minimum Gasteiger partial charge on any atom is -0.494 e. The molecule has 1 amide bonds. The number of benzene rings is 2. The molecule has 0 radical (unpaired) electrons. The Kier molecular flexibility index (Phi) is 10.4.